The number of carboxylic acids is 3. The molecule has 1 atom stereocenters. The van der Waals surface area contributed by atoms with Crippen LogP contribution < -0.4 is 0 Å². The predicted octanol–water partition coefficient (Wildman–Crippen LogP) is 0.0487. The lowest BCUT2D eigenvalue weighted by atomic mass is 9.87. The van der Waals surface area contributed by atoms with E-state index in [1.54, 1.807) is 0 Å². The summed E-state index contributed by atoms with van der Waals surface area (Å²) in [5.74, 6) is -8.48. The Kier molecular flexibility index (Phi) is 3.82. The zero-order valence-corrected chi connectivity index (χ0v) is 7.43. The number of hydrogen-bond donors (Lipinski definition) is 3. The highest BCUT2D eigenvalue weighted by molar-refractivity contribution is 5.98. The Balaban J connectivity index is 5.13. The zero-order chi connectivity index (χ0) is 11.5. The molecule has 0 aromatic carbocycles. The molecule has 0 saturated heterocycles. The van der Waals surface area contributed by atoms with Crippen LogP contribution in [0.15, 0.2) is 12.2 Å². The summed E-state index contributed by atoms with van der Waals surface area (Å²) in [6.45, 7) is 4.53. The van der Waals surface area contributed by atoms with Gasteiger partial charge in [0.2, 0.25) is 0 Å². The van der Waals surface area contributed by atoms with Crippen LogP contribution in [0.25, 0.3) is 0 Å². The van der Waals surface area contributed by atoms with Crippen molar-refractivity contribution >= 4 is 17.9 Å². The molecule has 6 nitrogen and oxygen atoms in total. The van der Waals surface area contributed by atoms with Crippen molar-refractivity contribution in [1.82, 2.24) is 0 Å². The van der Waals surface area contributed by atoms with Crippen LogP contribution in [0.3, 0.4) is 0 Å². The van der Waals surface area contributed by atoms with E-state index in [0.717, 1.165) is 0 Å². The minimum Gasteiger partial charge on any atom is -0.481 e. The first-order valence-electron chi connectivity index (χ1n) is 3.62. The van der Waals surface area contributed by atoms with Crippen molar-refractivity contribution in [3.8, 4) is 0 Å². The molecule has 0 rings (SSSR count). The summed E-state index contributed by atoms with van der Waals surface area (Å²) in [6, 6.07) is 0. The van der Waals surface area contributed by atoms with Crippen molar-refractivity contribution in [2.75, 3.05) is 0 Å². The number of rotatable bonds is 5. The summed E-state index contributed by atoms with van der Waals surface area (Å²) >= 11 is 0. The second-order valence-corrected chi connectivity index (χ2v) is 2.82. The first-order valence-corrected chi connectivity index (χ1v) is 3.62. The van der Waals surface area contributed by atoms with Crippen LogP contribution in [-0.4, -0.2) is 33.2 Å². The van der Waals surface area contributed by atoms with Crippen LogP contribution in [0, 0.1) is 11.8 Å². The molecule has 0 bridgehead atoms. The van der Waals surface area contributed by atoms with E-state index in [1.807, 2.05) is 0 Å². The van der Waals surface area contributed by atoms with Gasteiger partial charge in [-0.05, 0) is 6.92 Å². The number of carboxylic acid groups (broad SMARTS) is 3. The smallest absolute Gasteiger partial charge is 0.319 e. The highest BCUT2D eigenvalue weighted by Gasteiger charge is 2.40. The Hall–Kier alpha value is -1.85. The van der Waals surface area contributed by atoms with Gasteiger partial charge in [0.05, 0.1) is 0 Å². The Morgan fingerprint density at radius 3 is 1.29 bits per heavy atom. The number of hydrogen-bond acceptors (Lipinski definition) is 3. The van der Waals surface area contributed by atoms with E-state index < -0.39 is 29.7 Å². The van der Waals surface area contributed by atoms with Crippen LogP contribution in [0.1, 0.15) is 6.92 Å². The molecule has 0 aliphatic rings. The van der Waals surface area contributed by atoms with E-state index >= 15 is 0 Å². The lowest BCUT2D eigenvalue weighted by molar-refractivity contribution is -0.162. The summed E-state index contributed by atoms with van der Waals surface area (Å²) in [6.07, 6.45) is 0. The minimum atomic E-state index is -2.00. The molecule has 0 spiro atoms. The molecule has 0 saturated carbocycles. The highest BCUT2D eigenvalue weighted by Crippen LogP contribution is 2.20. The Labute approximate surface area is 79.5 Å². The molecule has 0 amide bonds. The first kappa shape index (κ1) is 12.2. The van der Waals surface area contributed by atoms with E-state index in [4.69, 9.17) is 15.3 Å². The molecule has 3 N–H and O–H groups in total. The van der Waals surface area contributed by atoms with E-state index in [2.05, 4.69) is 6.58 Å². The quantitative estimate of drug-likeness (QED) is 0.429. The number of aliphatic carboxylic acids is 3. The Morgan fingerprint density at radius 1 is 0.929 bits per heavy atom. The summed E-state index contributed by atoms with van der Waals surface area (Å²) in [7, 11) is 0. The van der Waals surface area contributed by atoms with Crippen LogP contribution in [-0.2, 0) is 14.4 Å². The largest absolute Gasteiger partial charge is 0.481 e. The lowest BCUT2D eigenvalue weighted by Crippen LogP contribution is -2.36. The van der Waals surface area contributed by atoms with Gasteiger partial charge in [0.25, 0.3) is 0 Å². The van der Waals surface area contributed by atoms with E-state index in [9.17, 15) is 14.4 Å². The third-order valence-electron chi connectivity index (χ3n) is 1.66. The maximum Gasteiger partial charge on any atom is 0.319 e. The molecular formula is C8H10O6. The van der Waals surface area contributed by atoms with Gasteiger partial charge in [-0.15, -0.1) is 0 Å². The normalized spacial score (nSPS) is 12.1. The Morgan fingerprint density at radius 2 is 1.21 bits per heavy atom. The third kappa shape index (κ3) is 2.58. The van der Waals surface area contributed by atoms with Crippen molar-refractivity contribution < 1.29 is 29.7 Å². The second kappa shape index (κ2) is 4.40. The number of carbonyl (C=O) groups is 3. The van der Waals surface area contributed by atoms with Crippen molar-refractivity contribution in [2.45, 2.75) is 6.92 Å². The molecule has 0 heterocycles. The Bertz CT molecular complexity index is 234. The maximum atomic E-state index is 10.6. The molecule has 0 fully saturated rings. The lowest BCUT2D eigenvalue weighted by Gasteiger charge is -2.16. The van der Waals surface area contributed by atoms with E-state index in [-0.39, 0.29) is 5.57 Å². The second-order valence-electron chi connectivity index (χ2n) is 2.82. The molecule has 6 heteroatoms. The average molecular weight is 202 g/mol. The summed E-state index contributed by atoms with van der Waals surface area (Å²) in [5.41, 5.74) is -0.00713. The topological polar surface area (TPSA) is 112 Å². The van der Waals surface area contributed by atoms with Crippen molar-refractivity contribution in [2.24, 2.45) is 11.8 Å². The van der Waals surface area contributed by atoms with Crippen molar-refractivity contribution in [3.05, 3.63) is 12.2 Å². The van der Waals surface area contributed by atoms with Gasteiger partial charge in [-0.2, -0.15) is 0 Å². The average Bonchev–Trinajstić information content (AvgIpc) is 1.96. The van der Waals surface area contributed by atoms with E-state index in [1.165, 1.54) is 6.92 Å². The van der Waals surface area contributed by atoms with Gasteiger partial charge in [0, 0.05) is 0 Å². The highest BCUT2D eigenvalue weighted by atomic mass is 16.4. The molecule has 14 heavy (non-hydrogen) atoms. The van der Waals surface area contributed by atoms with Gasteiger partial charge in [0.15, 0.2) is 5.92 Å². The molecule has 0 aliphatic heterocycles. The maximum absolute atomic E-state index is 10.6. The summed E-state index contributed by atoms with van der Waals surface area (Å²) in [4.78, 5) is 31.6. The molecule has 0 aromatic heterocycles. The summed E-state index contributed by atoms with van der Waals surface area (Å²) in [5, 5.41) is 25.7. The van der Waals surface area contributed by atoms with Gasteiger partial charge in [-0.3, -0.25) is 14.4 Å². The van der Waals surface area contributed by atoms with Crippen molar-refractivity contribution in [3.63, 3.8) is 0 Å². The van der Waals surface area contributed by atoms with Crippen LogP contribution >= 0.6 is 0 Å². The van der Waals surface area contributed by atoms with Crippen LogP contribution in [0.2, 0.25) is 0 Å². The van der Waals surface area contributed by atoms with Gasteiger partial charge in [-0.1, -0.05) is 12.2 Å². The molecule has 78 valence electrons. The monoisotopic (exact) mass is 202 g/mol. The fraction of sp³-hybridized carbons (Fsp3) is 0.375. The molecule has 0 aliphatic carbocycles. The van der Waals surface area contributed by atoms with Crippen molar-refractivity contribution in [1.29, 1.82) is 0 Å². The van der Waals surface area contributed by atoms with Gasteiger partial charge < -0.3 is 15.3 Å². The van der Waals surface area contributed by atoms with Crippen LogP contribution in [0.4, 0.5) is 0 Å². The van der Waals surface area contributed by atoms with Crippen LogP contribution in [0.5, 0.6) is 0 Å². The standard InChI is InChI=1S/C8H10O6/c1-3(2)4(6(9)10)5(7(11)12)8(13)14/h4-5H,1H2,2H3,(H,9,10)(H,11,12)(H,13,14). The van der Waals surface area contributed by atoms with Gasteiger partial charge in [0.1, 0.15) is 5.92 Å². The van der Waals surface area contributed by atoms with E-state index in [0.29, 0.717) is 0 Å². The van der Waals surface area contributed by atoms with Gasteiger partial charge in [-0.25, -0.2) is 0 Å². The molecular weight excluding hydrogens is 192 g/mol. The third-order valence-corrected chi connectivity index (χ3v) is 1.66. The van der Waals surface area contributed by atoms with Gasteiger partial charge >= 0.3 is 17.9 Å². The molecule has 0 aromatic rings. The predicted molar refractivity (Wildman–Crippen MR) is 44.7 cm³/mol. The molecule has 1 unspecified atom stereocenters. The first-order chi connectivity index (χ1) is 6.29. The minimum absolute atomic E-state index is 0.00713. The fourth-order valence-corrected chi connectivity index (χ4v) is 1.03. The zero-order valence-electron chi connectivity index (χ0n) is 7.43. The summed E-state index contributed by atoms with van der Waals surface area (Å²) < 4.78 is 0. The SMILES string of the molecule is C=C(C)C(C(=O)O)C(C(=O)O)C(=O)O. The fourth-order valence-electron chi connectivity index (χ4n) is 1.03. The molecule has 0 radical (unpaired) electrons.